The molecule has 2 aromatic rings. The van der Waals surface area contributed by atoms with E-state index in [-0.39, 0.29) is 4.90 Å². The van der Waals surface area contributed by atoms with E-state index in [9.17, 15) is 8.42 Å². The highest BCUT2D eigenvalue weighted by molar-refractivity contribution is 7.92. The molecule has 1 N–H and O–H groups in total. The van der Waals surface area contributed by atoms with E-state index in [2.05, 4.69) is 21.6 Å². The Hall–Kier alpha value is -2.29. The van der Waals surface area contributed by atoms with Crippen molar-refractivity contribution in [2.24, 2.45) is 0 Å². The zero-order valence-electron chi connectivity index (χ0n) is 16.5. The summed E-state index contributed by atoms with van der Waals surface area (Å²) in [7, 11) is 1.40. The molecule has 0 radical (unpaired) electrons. The van der Waals surface area contributed by atoms with Crippen LogP contribution in [0.2, 0.25) is 0 Å². The van der Waals surface area contributed by atoms with Crippen LogP contribution in [-0.4, -0.2) is 65.7 Å². The van der Waals surface area contributed by atoms with Crippen LogP contribution in [0.1, 0.15) is 5.56 Å². The molecule has 1 fully saturated rings. The third-order valence-corrected chi connectivity index (χ3v) is 6.25. The summed E-state index contributed by atoms with van der Waals surface area (Å²) in [5, 5.41) is 0. The van der Waals surface area contributed by atoms with Crippen molar-refractivity contribution in [1.29, 1.82) is 0 Å². The summed E-state index contributed by atoms with van der Waals surface area (Å²) in [6, 6.07) is 12.0. The number of nitrogens with zero attached hydrogens (tertiary/aromatic N) is 2. The van der Waals surface area contributed by atoms with Gasteiger partial charge >= 0.3 is 0 Å². The van der Waals surface area contributed by atoms with Gasteiger partial charge in [-0.25, -0.2) is 8.42 Å². The third-order valence-electron chi connectivity index (χ3n) is 4.87. The van der Waals surface area contributed by atoms with E-state index in [0.29, 0.717) is 17.2 Å². The molecule has 0 amide bonds. The first-order chi connectivity index (χ1) is 13.4. The minimum absolute atomic E-state index is 0.117. The summed E-state index contributed by atoms with van der Waals surface area (Å²) >= 11 is 0. The third kappa shape index (κ3) is 4.95. The van der Waals surface area contributed by atoms with Gasteiger partial charge in [0.15, 0.2) is 11.5 Å². The summed E-state index contributed by atoms with van der Waals surface area (Å²) in [5.41, 5.74) is 1.69. The van der Waals surface area contributed by atoms with Crippen molar-refractivity contribution in [3.05, 3.63) is 48.0 Å². The topological polar surface area (TPSA) is 71.1 Å². The number of ether oxygens (including phenoxy) is 2. The van der Waals surface area contributed by atoms with Gasteiger partial charge < -0.3 is 14.4 Å². The minimum Gasteiger partial charge on any atom is -0.493 e. The van der Waals surface area contributed by atoms with Crippen LogP contribution in [0.5, 0.6) is 11.5 Å². The van der Waals surface area contributed by atoms with Crippen molar-refractivity contribution >= 4 is 15.7 Å². The summed E-state index contributed by atoms with van der Waals surface area (Å²) in [6.45, 7) is 5.11. The first-order valence-electron chi connectivity index (χ1n) is 9.16. The molecule has 0 spiro atoms. The molecule has 8 heteroatoms. The van der Waals surface area contributed by atoms with Crippen LogP contribution < -0.4 is 14.2 Å². The van der Waals surface area contributed by atoms with Crippen LogP contribution in [0.3, 0.4) is 0 Å². The first-order valence-corrected chi connectivity index (χ1v) is 10.6. The smallest absolute Gasteiger partial charge is 0.262 e. The van der Waals surface area contributed by atoms with Crippen molar-refractivity contribution in [2.45, 2.75) is 11.4 Å². The molecular weight excluding hydrogens is 378 g/mol. The number of hydrogen-bond donors (Lipinski definition) is 1. The Bertz CT molecular complexity index is 892. The Morgan fingerprint density at radius 3 is 2.18 bits per heavy atom. The van der Waals surface area contributed by atoms with Gasteiger partial charge in [-0.3, -0.25) is 9.62 Å². The van der Waals surface area contributed by atoms with Crippen LogP contribution in [0.4, 0.5) is 5.69 Å². The van der Waals surface area contributed by atoms with Crippen LogP contribution in [0.15, 0.2) is 47.4 Å². The van der Waals surface area contributed by atoms with Crippen molar-refractivity contribution in [2.75, 3.05) is 52.2 Å². The lowest BCUT2D eigenvalue weighted by Crippen LogP contribution is -2.43. The molecule has 1 saturated heterocycles. The number of nitrogens with one attached hydrogen (secondary N) is 1. The molecule has 2 aromatic carbocycles. The second-order valence-electron chi connectivity index (χ2n) is 6.90. The lowest BCUT2D eigenvalue weighted by Gasteiger charge is -2.32. The predicted octanol–water partition coefficient (Wildman–Crippen LogP) is 2.25. The number of benzene rings is 2. The van der Waals surface area contributed by atoms with E-state index in [0.717, 1.165) is 32.7 Å². The average molecular weight is 406 g/mol. The lowest BCUT2D eigenvalue weighted by atomic mass is 10.2. The summed E-state index contributed by atoms with van der Waals surface area (Å²) in [5.74, 6) is 0.850. The van der Waals surface area contributed by atoms with Gasteiger partial charge in [0.25, 0.3) is 10.0 Å². The number of likely N-dealkylation sites (N-methyl/N-ethyl adjacent to an activating group) is 1. The molecule has 3 rings (SSSR count). The quantitative estimate of drug-likeness (QED) is 0.762. The fraction of sp³-hybridized carbons (Fsp3) is 0.400. The first kappa shape index (κ1) is 20.4. The molecule has 28 heavy (non-hydrogen) atoms. The van der Waals surface area contributed by atoms with E-state index < -0.39 is 10.0 Å². The lowest BCUT2D eigenvalue weighted by molar-refractivity contribution is 0.148. The zero-order valence-corrected chi connectivity index (χ0v) is 17.3. The molecule has 152 valence electrons. The van der Waals surface area contributed by atoms with Crippen LogP contribution >= 0.6 is 0 Å². The van der Waals surface area contributed by atoms with Crippen LogP contribution in [-0.2, 0) is 16.6 Å². The van der Waals surface area contributed by atoms with Gasteiger partial charge in [-0.05, 0) is 36.9 Å². The highest BCUT2D eigenvalue weighted by Crippen LogP contribution is 2.30. The van der Waals surface area contributed by atoms with Gasteiger partial charge in [0.05, 0.1) is 19.1 Å². The molecule has 1 heterocycles. The number of methoxy groups -OCH3 is 2. The van der Waals surface area contributed by atoms with E-state index >= 15 is 0 Å². The van der Waals surface area contributed by atoms with Gasteiger partial charge in [-0.2, -0.15) is 0 Å². The van der Waals surface area contributed by atoms with E-state index in [1.807, 2.05) is 12.1 Å². The Morgan fingerprint density at radius 1 is 0.929 bits per heavy atom. The molecule has 0 atom stereocenters. The number of anilines is 1. The standard InChI is InChI=1S/C20H27N3O4S/c1-22-10-12-23(13-11-22)15-16-4-6-17(7-5-16)21-28(24,25)18-8-9-19(26-2)20(14-18)27-3/h4-9,14,21H,10-13,15H2,1-3H3. The highest BCUT2D eigenvalue weighted by atomic mass is 32.2. The monoisotopic (exact) mass is 405 g/mol. The normalized spacial score (nSPS) is 16.0. The second-order valence-corrected chi connectivity index (χ2v) is 8.58. The minimum atomic E-state index is -3.72. The number of hydrogen-bond acceptors (Lipinski definition) is 6. The summed E-state index contributed by atoms with van der Waals surface area (Å²) in [4.78, 5) is 4.84. The maximum Gasteiger partial charge on any atom is 0.262 e. The molecule has 1 aliphatic rings. The van der Waals surface area contributed by atoms with Crippen molar-refractivity contribution in [3.63, 3.8) is 0 Å². The molecule has 0 unspecified atom stereocenters. The van der Waals surface area contributed by atoms with Crippen LogP contribution in [0, 0.1) is 0 Å². The summed E-state index contributed by atoms with van der Waals surface area (Å²) < 4.78 is 38.3. The molecule has 0 bridgehead atoms. The molecule has 0 aliphatic carbocycles. The Kier molecular flexibility index (Phi) is 6.43. The van der Waals surface area contributed by atoms with Crippen LogP contribution in [0.25, 0.3) is 0 Å². The maximum absolute atomic E-state index is 12.7. The fourth-order valence-corrected chi connectivity index (χ4v) is 4.21. The predicted molar refractivity (Wildman–Crippen MR) is 110 cm³/mol. The Balaban J connectivity index is 1.67. The van der Waals surface area contributed by atoms with Gasteiger partial charge in [0, 0.05) is 44.5 Å². The fourth-order valence-electron chi connectivity index (χ4n) is 3.14. The largest absolute Gasteiger partial charge is 0.493 e. The molecule has 7 nitrogen and oxygen atoms in total. The molecule has 0 aromatic heterocycles. The molecule has 0 saturated carbocycles. The number of rotatable bonds is 7. The SMILES string of the molecule is COc1ccc(S(=O)(=O)Nc2ccc(CN3CCN(C)CC3)cc2)cc1OC. The van der Waals surface area contributed by atoms with Gasteiger partial charge in [-0.1, -0.05) is 12.1 Å². The number of sulfonamides is 1. The van der Waals surface area contributed by atoms with E-state index in [1.54, 1.807) is 18.2 Å². The summed E-state index contributed by atoms with van der Waals surface area (Å²) in [6.07, 6.45) is 0. The zero-order chi connectivity index (χ0) is 20.1. The van der Waals surface area contributed by atoms with Crippen molar-refractivity contribution < 1.29 is 17.9 Å². The second kappa shape index (κ2) is 8.81. The van der Waals surface area contributed by atoms with E-state index in [4.69, 9.17) is 9.47 Å². The Labute approximate surface area is 166 Å². The van der Waals surface area contributed by atoms with Crippen molar-refractivity contribution in [1.82, 2.24) is 9.80 Å². The molecular formula is C20H27N3O4S. The van der Waals surface area contributed by atoms with Gasteiger partial charge in [0.2, 0.25) is 0 Å². The van der Waals surface area contributed by atoms with Gasteiger partial charge in [-0.15, -0.1) is 0 Å². The molecule has 1 aliphatic heterocycles. The van der Waals surface area contributed by atoms with Gasteiger partial charge in [0.1, 0.15) is 0 Å². The highest BCUT2D eigenvalue weighted by Gasteiger charge is 2.18. The van der Waals surface area contributed by atoms with E-state index in [1.165, 1.54) is 31.9 Å². The number of piperazine rings is 1. The maximum atomic E-state index is 12.7. The Morgan fingerprint density at radius 2 is 1.57 bits per heavy atom. The average Bonchev–Trinajstić information content (AvgIpc) is 2.70. The van der Waals surface area contributed by atoms with Crippen molar-refractivity contribution in [3.8, 4) is 11.5 Å².